The van der Waals surface area contributed by atoms with Crippen molar-refractivity contribution in [2.24, 2.45) is 0 Å². The van der Waals surface area contributed by atoms with E-state index >= 15 is 0 Å². The predicted molar refractivity (Wildman–Crippen MR) is 69.2 cm³/mol. The van der Waals surface area contributed by atoms with Crippen molar-refractivity contribution in [1.29, 1.82) is 0 Å². The maximum absolute atomic E-state index is 12.7. The van der Waals surface area contributed by atoms with Crippen molar-refractivity contribution in [3.63, 3.8) is 0 Å². The molecule has 0 bridgehead atoms. The van der Waals surface area contributed by atoms with Crippen LogP contribution in [0.25, 0.3) is 0 Å². The Labute approximate surface area is 111 Å². The van der Waals surface area contributed by atoms with Gasteiger partial charge in [0.25, 0.3) is 0 Å². The highest BCUT2D eigenvalue weighted by Gasteiger charge is 2.09. The number of carbonyl (C=O) groups is 2. The molecule has 19 heavy (non-hydrogen) atoms. The topological polar surface area (TPSA) is 66.4 Å². The molecule has 0 fully saturated rings. The lowest BCUT2D eigenvalue weighted by Gasteiger charge is -2.13. The van der Waals surface area contributed by atoms with Gasteiger partial charge in [0.05, 0.1) is 0 Å². The van der Waals surface area contributed by atoms with Crippen LogP contribution in [0.3, 0.4) is 0 Å². The summed E-state index contributed by atoms with van der Waals surface area (Å²) in [6, 6.07) is 6.07. The zero-order valence-corrected chi connectivity index (χ0v) is 10.9. The summed E-state index contributed by atoms with van der Waals surface area (Å²) in [4.78, 5) is 21.8. The second kappa shape index (κ2) is 7.51. The number of hydrogen-bond donors (Lipinski definition) is 2. The third-order valence-electron chi connectivity index (χ3n) is 2.66. The minimum Gasteiger partial charge on any atom is -0.481 e. The van der Waals surface area contributed by atoms with Gasteiger partial charge < -0.3 is 10.4 Å². The van der Waals surface area contributed by atoms with E-state index in [0.29, 0.717) is 12.8 Å². The minimum atomic E-state index is -0.896. The van der Waals surface area contributed by atoms with Gasteiger partial charge in [0.1, 0.15) is 5.82 Å². The van der Waals surface area contributed by atoms with Crippen molar-refractivity contribution in [1.82, 2.24) is 5.32 Å². The van der Waals surface area contributed by atoms with Crippen molar-refractivity contribution < 1.29 is 19.1 Å². The monoisotopic (exact) mass is 267 g/mol. The second-order valence-electron chi connectivity index (χ2n) is 4.55. The number of carbonyl (C=O) groups excluding carboxylic acids is 1. The van der Waals surface area contributed by atoms with Crippen molar-refractivity contribution >= 4 is 11.9 Å². The third-order valence-corrected chi connectivity index (χ3v) is 2.66. The number of amides is 1. The smallest absolute Gasteiger partial charge is 0.303 e. The average molecular weight is 267 g/mol. The number of benzene rings is 1. The first-order valence-corrected chi connectivity index (χ1v) is 6.23. The summed E-state index contributed by atoms with van der Waals surface area (Å²) < 4.78 is 12.7. The van der Waals surface area contributed by atoms with Crippen LogP contribution in [0.2, 0.25) is 0 Å². The zero-order chi connectivity index (χ0) is 14.3. The van der Waals surface area contributed by atoms with Crippen molar-refractivity contribution in [2.75, 3.05) is 0 Å². The van der Waals surface area contributed by atoms with Crippen LogP contribution < -0.4 is 5.32 Å². The summed E-state index contributed by atoms with van der Waals surface area (Å²) in [6.45, 7) is 1.86. The lowest BCUT2D eigenvalue weighted by molar-refractivity contribution is -0.137. The van der Waals surface area contributed by atoms with Crippen molar-refractivity contribution in [2.45, 2.75) is 38.6 Å². The van der Waals surface area contributed by atoms with E-state index in [1.165, 1.54) is 12.1 Å². The van der Waals surface area contributed by atoms with E-state index < -0.39 is 5.97 Å². The van der Waals surface area contributed by atoms with Crippen molar-refractivity contribution in [3.8, 4) is 0 Å². The van der Waals surface area contributed by atoms with Gasteiger partial charge in [0.2, 0.25) is 5.91 Å². The van der Waals surface area contributed by atoms with E-state index in [9.17, 15) is 14.0 Å². The molecular formula is C14H18FNO3. The molecule has 2 N–H and O–H groups in total. The number of nitrogens with one attached hydrogen (secondary N) is 1. The van der Waals surface area contributed by atoms with Crippen LogP contribution in [0.5, 0.6) is 0 Å². The molecule has 0 saturated carbocycles. The summed E-state index contributed by atoms with van der Waals surface area (Å²) in [5.74, 6) is -1.34. The molecule has 4 nitrogen and oxygen atoms in total. The van der Waals surface area contributed by atoms with Gasteiger partial charge in [-0.3, -0.25) is 9.59 Å². The van der Waals surface area contributed by atoms with E-state index in [0.717, 1.165) is 5.56 Å². The van der Waals surface area contributed by atoms with Crippen LogP contribution in [-0.4, -0.2) is 23.0 Å². The fraction of sp³-hybridized carbons (Fsp3) is 0.429. The number of halogens is 1. The largest absolute Gasteiger partial charge is 0.481 e. The molecule has 1 atom stereocenters. The quantitative estimate of drug-likeness (QED) is 0.795. The molecular weight excluding hydrogens is 249 g/mol. The Hall–Kier alpha value is -1.91. The summed E-state index contributed by atoms with van der Waals surface area (Å²) in [7, 11) is 0. The first-order chi connectivity index (χ1) is 8.97. The number of aliphatic carboxylic acids is 1. The third kappa shape index (κ3) is 6.55. The van der Waals surface area contributed by atoms with Gasteiger partial charge in [-0.1, -0.05) is 12.1 Å². The number of rotatable bonds is 7. The summed E-state index contributed by atoms with van der Waals surface area (Å²) in [5.41, 5.74) is 0.944. The van der Waals surface area contributed by atoms with Crippen LogP contribution >= 0.6 is 0 Å². The van der Waals surface area contributed by atoms with E-state index in [2.05, 4.69) is 5.32 Å². The van der Waals surface area contributed by atoms with Crippen LogP contribution in [0.1, 0.15) is 31.7 Å². The first kappa shape index (κ1) is 15.1. The maximum atomic E-state index is 12.7. The zero-order valence-electron chi connectivity index (χ0n) is 10.9. The molecule has 1 aromatic rings. The van der Waals surface area contributed by atoms with E-state index in [-0.39, 0.29) is 30.6 Å². The molecule has 0 heterocycles. The normalized spacial score (nSPS) is 11.9. The molecule has 0 aromatic heterocycles. The van der Waals surface area contributed by atoms with Crippen LogP contribution in [0, 0.1) is 5.82 Å². The Kier molecular flexibility index (Phi) is 5.99. The Bertz CT molecular complexity index is 431. The molecule has 104 valence electrons. The maximum Gasteiger partial charge on any atom is 0.303 e. The Morgan fingerprint density at radius 3 is 2.47 bits per heavy atom. The molecule has 0 radical (unpaired) electrons. The first-order valence-electron chi connectivity index (χ1n) is 6.23. The van der Waals surface area contributed by atoms with E-state index in [4.69, 9.17) is 5.11 Å². The van der Waals surface area contributed by atoms with Crippen LogP contribution in [0.4, 0.5) is 4.39 Å². The van der Waals surface area contributed by atoms with Gasteiger partial charge in [-0.2, -0.15) is 0 Å². The van der Waals surface area contributed by atoms with E-state index in [1.807, 2.05) is 6.92 Å². The fourth-order valence-corrected chi connectivity index (χ4v) is 1.77. The Morgan fingerprint density at radius 1 is 1.26 bits per heavy atom. The van der Waals surface area contributed by atoms with Gasteiger partial charge in [-0.25, -0.2) is 4.39 Å². The number of hydrogen-bond acceptors (Lipinski definition) is 2. The molecule has 0 aliphatic rings. The highest BCUT2D eigenvalue weighted by atomic mass is 19.1. The van der Waals surface area contributed by atoms with E-state index in [1.54, 1.807) is 12.1 Å². The van der Waals surface area contributed by atoms with Crippen LogP contribution in [-0.2, 0) is 16.0 Å². The molecule has 1 aromatic carbocycles. The fourth-order valence-electron chi connectivity index (χ4n) is 1.77. The van der Waals surface area contributed by atoms with Gasteiger partial charge >= 0.3 is 5.97 Å². The standard InChI is InChI=1S/C14H18FNO3/c1-10(9-11-5-7-12(15)8-6-11)16-13(17)3-2-4-14(18)19/h5-8,10H,2-4,9H2,1H3,(H,16,17)(H,18,19). The lowest BCUT2D eigenvalue weighted by Crippen LogP contribution is -2.33. The molecule has 0 spiro atoms. The SMILES string of the molecule is CC(Cc1ccc(F)cc1)NC(=O)CCCC(=O)O. The molecule has 1 rings (SSSR count). The summed E-state index contributed by atoms with van der Waals surface area (Å²) in [5, 5.41) is 11.3. The Morgan fingerprint density at radius 2 is 1.89 bits per heavy atom. The van der Waals surface area contributed by atoms with Gasteiger partial charge in [0.15, 0.2) is 0 Å². The summed E-state index contributed by atoms with van der Waals surface area (Å²) >= 11 is 0. The minimum absolute atomic E-state index is 0.000235. The highest BCUT2D eigenvalue weighted by Crippen LogP contribution is 2.06. The summed E-state index contributed by atoms with van der Waals surface area (Å²) in [6.07, 6.45) is 1.16. The van der Waals surface area contributed by atoms with Gasteiger partial charge in [-0.15, -0.1) is 0 Å². The molecule has 0 saturated heterocycles. The number of carboxylic acid groups (broad SMARTS) is 1. The van der Waals surface area contributed by atoms with Gasteiger partial charge in [0, 0.05) is 18.9 Å². The average Bonchev–Trinajstić information content (AvgIpc) is 2.31. The number of carboxylic acids is 1. The van der Waals surface area contributed by atoms with Gasteiger partial charge in [-0.05, 0) is 37.5 Å². The molecule has 0 aliphatic heterocycles. The predicted octanol–water partition coefficient (Wildman–Crippen LogP) is 2.13. The molecule has 1 unspecified atom stereocenters. The molecule has 5 heteroatoms. The second-order valence-corrected chi connectivity index (χ2v) is 4.55. The lowest BCUT2D eigenvalue weighted by atomic mass is 10.1. The van der Waals surface area contributed by atoms with Crippen LogP contribution in [0.15, 0.2) is 24.3 Å². The molecule has 0 aliphatic carbocycles. The highest BCUT2D eigenvalue weighted by molar-refractivity contribution is 5.77. The molecule has 1 amide bonds. The van der Waals surface area contributed by atoms with Crippen molar-refractivity contribution in [3.05, 3.63) is 35.6 Å². The Balaban J connectivity index is 2.30.